The molecule has 1 N–H and O–H groups in total. The first-order chi connectivity index (χ1) is 11.8. The number of carbonyl (C=O) groups is 1. The van der Waals surface area contributed by atoms with Gasteiger partial charge in [-0.1, -0.05) is 36.7 Å². The first-order valence-electron chi connectivity index (χ1n) is 7.91. The molecule has 0 aromatic heterocycles. The second-order valence-corrected chi connectivity index (χ2v) is 8.07. The SMILES string of the molecule is CCCS(=O)(=O)Nc1cccc(C(=O)N(C)Cc2cccc(Cl)c2)c1. The fourth-order valence-corrected chi connectivity index (χ4v) is 3.75. The van der Waals surface area contributed by atoms with Crippen LogP contribution in [0.2, 0.25) is 5.02 Å². The lowest BCUT2D eigenvalue weighted by Crippen LogP contribution is -2.26. The van der Waals surface area contributed by atoms with Gasteiger partial charge in [-0.15, -0.1) is 0 Å². The molecular weight excluding hydrogens is 360 g/mol. The maximum atomic E-state index is 12.6. The molecule has 0 heterocycles. The molecule has 0 unspecified atom stereocenters. The van der Waals surface area contributed by atoms with Crippen LogP contribution >= 0.6 is 11.6 Å². The van der Waals surface area contributed by atoms with Crippen LogP contribution in [0.15, 0.2) is 48.5 Å². The van der Waals surface area contributed by atoms with E-state index in [4.69, 9.17) is 11.6 Å². The first kappa shape index (κ1) is 19.3. The number of halogens is 1. The highest BCUT2D eigenvalue weighted by Crippen LogP contribution is 2.17. The Labute approximate surface area is 153 Å². The summed E-state index contributed by atoms with van der Waals surface area (Å²) in [4.78, 5) is 14.2. The summed E-state index contributed by atoms with van der Waals surface area (Å²) >= 11 is 5.96. The van der Waals surface area contributed by atoms with Crippen LogP contribution < -0.4 is 4.72 Å². The van der Waals surface area contributed by atoms with Crippen LogP contribution in [-0.4, -0.2) is 32.0 Å². The van der Waals surface area contributed by atoms with Crippen molar-refractivity contribution in [2.75, 3.05) is 17.5 Å². The van der Waals surface area contributed by atoms with Crippen LogP contribution in [0.5, 0.6) is 0 Å². The van der Waals surface area contributed by atoms with Gasteiger partial charge in [0.2, 0.25) is 10.0 Å². The lowest BCUT2D eigenvalue weighted by molar-refractivity contribution is 0.0785. The van der Waals surface area contributed by atoms with E-state index in [1.54, 1.807) is 55.3 Å². The number of nitrogens with one attached hydrogen (secondary N) is 1. The number of hydrogen-bond acceptors (Lipinski definition) is 3. The lowest BCUT2D eigenvalue weighted by Gasteiger charge is -2.18. The highest BCUT2D eigenvalue weighted by atomic mass is 35.5. The molecule has 2 aromatic carbocycles. The van der Waals surface area contributed by atoms with Gasteiger partial charge in [0.05, 0.1) is 5.75 Å². The van der Waals surface area contributed by atoms with Gasteiger partial charge < -0.3 is 4.90 Å². The minimum absolute atomic E-state index is 0.0415. The Morgan fingerprint density at radius 2 is 1.88 bits per heavy atom. The minimum Gasteiger partial charge on any atom is -0.337 e. The van der Waals surface area contributed by atoms with Crippen molar-refractivity contribution in [3.8, 4) is 0 Å². The Kier molecular flexibility index (Phi) is 6.45. The molecule has 25 heavy (non-hydrogen) atoms. The molecule has 0 radical (unpaired) electrons. The largest absolute Gasteiger partial charge is 0.337 e. The normalized spacial score (nSPS) is 11.2. The first-order valence-corrected chi connectivity index (χ1v) is 9.94. The predicted molar refractivity (Wildman–Crippen MR) is 101 cm³/mol. The minimum atomic E-state index is -3.39. The van der Waals surface area contributed by atoms with Crippen molar-refractivity contribution in [3.05, 3.63) is 64.7 Å². The number of amides is 1. The average molecular weight is 381 g/mol. The third-order valence-electron chi connectivity index (χ3n) is 3.51. The summed E-state index contributed by atoms with van der Waals surface area (Å²) in [6, 6.07) is 13.8. The number of hydrogen-bond donors (Lipinski definition) is 1. The van der Waals surface area contributed by atoms with E-state index in [2.05, 4.69) is 4.72 Å². The van der Waals surface area contributed by atoms with E-state index in [0.29, 0.717) is 29.2 Å². The zero-order valence-electron chi connectivity index (χ0n) is 14.2. The molecule has 0 spiro atoms. The molecule has 0 bridgehead atoms. The molecule has 0 aliphatic heterocycles. The van der Waals surface area contributed by atoms with Crippen molar-refractivity contribution in [2.45, 2.75) is 19.9 Å². The number of anilines is 1. The zero-order valence-corrected chi connectivity index (χ0v) is 15.8. The summed E-state index contributed by atoms with van der Waals surface area (Å²) in [6.07, 6.45) is 0.524. The number of sulfonamides is 1. The summed E-state index contributed by atoms with van der Waals surface area (Å²) in [6.45, 7) is 2.20. The highest BCUT2D eigenvalue weighted by Gasteiger charge is 2.14. The van der Waals surface area contributed by atoms with E-state index in [0.717, 1.165) is 5.56 Å². The van der Waals surface area contributed by atoms with E-state index < -0.39 is 10.0 Å². The van der Waals surface area contributed by atoms with Crippen LogP contribution in [0.1, 0.15) is 29.3 Å². The molecule has 1 amide bonds. The Hall–Kier alpha value is -2.05. The zero-order chi connectivity index (χ0) is 18.4. The summed E-state index contributed by atoms with van der Waals surface area (Å²) in [5.41, 5.74) is 1.72. The molecule has 2 aromatic rings. The molecule has 0 fully saturated rings. The summed E-state index contributed by atoms with van der Waals surface area (Å²) in [5, 5.41) is 0.616. The van der Waals surface area contributed by atoms with Crippen LogP contribution in [-0.2, 0) is 16.6 Å². The van der Waals surface area contributed by atoms with Gasteiger partial charge in [-0.05, 0) is 42.3 Å². The third-order valence-corrected chi connectivity index (χ3v) is 5.24. The van der Waals surface area contributed by atoms with Crippen molar-refractivity contribution in [1.29, 1.82) is 0 Å². The summed E-state index contributed by atoms with van der Waals surface area (Å²) in [7, 11) is -1.70. The molecular formula is C18H21ClN2O3S. The monoisotopic (exact) mass is 380 g/mol. The van der Waals surface area contributed by atoms with Gasteiger partial charge in [-0.2, -0.15) is 0 Å². The van der Waals surface area contributed by atoms with Gasteiger partial charge in [0, 0.05) is 29.9 Å². The van der Waals surface area contributed by atoms with Crippen molar-refractivity contribution in [2.24, 2.45) is 0 Å². The third kappa shape index (κ3) is 5.76. The van der Waals surface area contributed by atoms with Gasteiger partial charge in [0.15, 0.2) is 0 Å². The molecule has 0 atom stereocenters. The fraction of sp³-hybridized carbons (Fsp3) is 0.278. The number of nitrogens with zero attached hydrogens (tertiary/aromatic N) is 1. The van der Waals surface area contributed by atoms with E-state index in [9.17, 15) is 13.2 Å². The topological polar surface area (TPSA) is 66.5 Å². The molecule has 0 aliphatic carbocycles. The molecule has 5 nitrogen and oxygen atoms in total. The van der Waals surface area contributed by atoms with Crippen molar-refractivity contribution >= 4 is 33.2 Å². The second-order valence-electron chi connectivity index (χ2n) is 5.79. The van der Waals surface area contributed by atoms with E-state index in [-0.39, 0.29) is 11.7 Å². The van der Waals surface area contributed by atoms with Gasteiger partial charge in [0.25, 0.3) is 5.91 Å². The Bertz CT molecular complexity index is 853. The Morgan fingerprint density at radius 1 is 1.16 bits per heavy atom. The van der Waals surface area contributed by atoms with Gasteiger partial charge in [-0.25, -0.2) is 8.42 Å². The standard InChI is InChI=1S/C18H21ClN2O3S/c1-3-10-25(23,24)20-17-9-5-7-15(12-17)18(22)21(2)13-14-6-4-8-16(19)11-14/h4-9,11-12,20H,3,10,13H2,1-2H3. The van der Waals surface area contributed by atoms with Crippen molar-refractivity contribution < 1.29 is 13.2 Å². The Morgan fingerprint density at radius 3 is 2.56 bits per heavy atom. The molecule has 7 heteroatoms. The Balaban J connectivity index is 2.12. The molecule has 2 rings (SSSR count). The maximum Gasteiger partial charge on any atom is 0.253 e. The number of carbonyl (C=O) groups excluding carboxylic acids is 1. The molecule has 0 saturated carbocycles. The van der Waals surface area contributed by atoms with Gasteiger partial charge in [-0.3, -0.25) is 9.52 Å². The maximum absolute atomic E-state index is 12.6. The quantitative estimate of drug-likeness (QED) is 0.795. The number of rotatable bonds is 7. The van der Waals surface area contributed by atoms with Crippen LogP contribution in [0, 0.1) is 0 Å². The molecule has 134 valence electrons. The van der Waals surface area contributed by atoms with Crippen LogP contribution in [0.4, 0.5) is 5.69 Å². The average Bonchev–Trinajstić information content (AvgIpc) is 2.53. The molecule has 0 aliphatic rings. The predicted octanol–water partition coefficient (Wildman–Crippen LogP) is 3.76. The van der Waals surface area contributed by atoms with E-state index in [1.165, 1.54) is 0 Å². The fourth-order valence-electron chi connectivity index (χ4n) is 2.42. The highest BCUT2D eigenvalue weighted by molar-refractivity contribution is 7.92. The van der Waals surface area contributed by atoms with Gasteiger partial charge in [0.1, 0.15) is 0 Å². The van der Waals surface area contributed by atoms with E-state index in [1.807, 2.05) is 12.1 Å². The number of benzene rings is 2. The van der Waals surface area contributed by atoms with E-state index >= 15 is 0 Å². The smallest absolute Gasteiger partial charge is 0.253 e. The molecule has 0 saturated heterocycles. The van der Waals surface area contributed by atoms with Crippen molar-refractivity contribution in [3.63, 3.8) is 0 Å². The van der Waals surface area contributed by atoms with Crippen molar-refractivity contribution in [1.82, 2.24) is 4.90 Å². The van der Waals surface area contributed by atoms with Gasteiger partial charge >= 0.3 is 0 Å². The summed E-state index contributed by atoms with van der Waals surface area (Å²) < 4.78 is 26.2. The van der Waals surface area contributed by atoms with Crippen LogP contribution in [0.25, 0.3) is 0 Å². The van der Waals surface area contributed by atoms with Crippen LogP contribution in [0.3, 0.4) is 0 Å². The second kappa shape index (κ2) is 8.36. The lowest BCUT2D eigenvalue weighted by atomic mass is 10.1. The summed E-state index contributed by atoms with van der Waals surface area (Å²) in [5.74, 6) is -0.156.